The summed E-state index contributed by atoms with van der Waals surface area (Å²) >= 11 is 0. The topological polar surface area (TPSA) is 58.2 Å². The molecule has 0 saturated carbocycles. The van der Waals surface area contributed by atoms with E-state index in [1.807, 2.05) is 0 Å². The molecule has 0 aliphatic carbocycles. The first kappa shape index (κ1) is 17.7. The predicted octanol–water partition coefficient (Wildman–Crippen LogP) is 2.69. The Balaban J connectivity index is 2.95. The van der Waals surface area contributed by atoms with Crippen molar-refractivity contribution in [2.75, 3.05) is 18.4 Å². The summed E-state index contributed by atoms with van der Waals surface area (Å²) in [5, 5.41) is 2.07. The zero-order valence-electron chi connectivity index (χ0n) is 11.2. The van der Waals surface area contributed by atoms with Crippen molar-refractivity contribution in [3.8, 4) is 0 Å². The molecule has 0 aromatic heterocycles. The first-order valence-corrected chi connectivity index (χ1v) is 7.67. The first-order chi connectivity index (χ1) is 9.70. The molecule has 0 spiro atoms. The number of sulfonamides is 1. The quantitative estimate of drug-likeness (QED) is 0.722. The van der Waals surface area contributed by atoms with Crippen molar-refractivity contribution in [3.05, 3.63) is 24.3 Å². The zero-order chi connectivity index (χ0) is 16.1. The van der Waals surface area contributed by atoms with Gasteiger partial charge in [-0.2, -0.15) is 8.78 Å². The second-order valence-electron chi connectivity index (χ2n) is 4.31. The van der Waals surface area contributed by atoms with Gasteiger partial charge in [0.05, 0.1) is 12.2 Å². The van der Waals surface area contributed by atoms with Crippen molar-refractivity contribution in [1.29, 1.82) is 0 Å². The van der Waals surface area contributed by atoms with Crippen molar-refractivity contribution < 1.29 is 26.0 Å². The standard InChI is InChI=1S/C12H16F4N2O2S/c1-2-7-18-21(19,20)10-6-4-3-5-9(10)17-8-12(15,16)11(13)14/h3-6,11,17-18H,2,7-8H2,1H3. The molecule has 4 nitrogen and oxygen atoms in total. The molecule has 9 heteroatoms. The fourth-order valence-electron chi connectivity index (χ4n) is 1.45. The number of halogens is 4. The van der Waals surface area contributed by atoms with E-state index in [1.165, 1.54) is 24.3 Å². The number of nitrogens with one attached hydrogen (secondary N) is 2. The molecule has 0 unspecified atom stereocenters. The molecule has 1 aromatic carbocycles. The summed E-state index contributed by atoms with van der Waals surface area (Å²) in [5.74, 6) is -4.24. The molecule has 0 aliphatic rings. The summed E-state index contributed by atoms with van der Waals surface area (Å²) in [5.41, 5.74) is -0.151. The maximum Gasteiger partial charge on any atom is 0.324 e. The molecule has 2 N–H and O–H groups in total. The van der Waals surface area contributed by atoms with Crippen LogP contribution < -0.4 is 10.0 Å². The van der Waals surface area contributed by atoms with E-state index in [4.69, 9.17) is 0 Å². The molecular weight excluding hydrogens is 312 g/mol. The number of anilines is 1. The Labute approximate surface area is 120 Å². The third-order valence-corrected chi connectivity index (χ3v) is 4.07. The Morgan fingerprint density at radius 3 is 2.43 bits per heavy atom. The molecule has 1 aromatic rings. The van der Waals surface area contributed by atoms with Crippen LogP contribution in [0, 0.1) is 0 Å². The average molecular weight is 328 g/mol. The third kappa shape index (κ3) is 4.85. The summed E-state index contributed by atoms with van der Waals surface area (Å²) in [6, 6.07) is 5.28. The SMILES string of the molecule is CCCNS(=O)(=O)c1ccccc1NCC(F)(F)C(F)F. The number of rotatable bonds is 8. The fraction of sp³-hybridized carbons (Fsp3) is 0.500. The van der Waals surface area contributed by atoms with Crippen molar-refractivity contribution in [2.45, 2.75) is 30.6 Å². The van der Waals surface area contributed by atoms with Crippen molar-refractivity contribution >= 4 is 15.7 Å². The molecule has 0 fully saturated rings. The Morgan fingerprint density at radius 2 is 1.86 bits per heavy atom. The van der Waals surface area contributed by atoms with Crippen molar-refractivity contribution in [1.82, 2.24) is 4.72 Å². The summed E-state index contributed by atoms with van der Waals surface area (Å²) < 4.78 is 76.2. The number of alkyl halides is 4. The molecule has 120 valence electrons. The van der Waals surface area contributed by atoms with Gasteiger partial charge in [0.2, 0.25) is 10.0 Å². The molecule has 21 heavy (non-hydrogen) atoms. The monoisotopic (exact) mass is 328 g/mol. The number of hydrogen-bond acceptors (Lipinski definition) is 3. The minimum atomic E-state index is -4.24. The third-order valence-electron chi connectivity index (χ3n) is 2.55. The van der Waals surface area contributed by atoms with E-state index < -0.39 is 28.9 Å². The highest BCUT2D eigenvalue weighted by atomic mass is 32.2. The minimum absolute atomic E-state index is 0.151. The van der Waals surface area contributed by atoms with Gasteiger partial charge >= 0.3 is 12.3 Å². The van der Waals surface area contributed by atoms with Crippen LogP contribution in [0.4, 0.5) is 23.2 Å². The van der Waals surface area contributed by atoms with Gasteiger partial charge in [-0.15, -0.1) is 0 Å². The van der Waals surface area contributed by atoms with Crippen LogP contribution in [0.15, 0.2) is 29.2 Å². The summed E-state index contributed by atoms with van der Waals surface area (Å²) in [7, 11) is -3.89. The average Bonchev–Trinajstić information content (AvgIpc) is 2.43. The molecule has 0 atom stereocenters. The highest BCUT2D eigenvalue weighted by Crippen LogP contribution is 2.26. The van der Waals surface area contributed by atoms with Crippen molar-refractivity contribution in [2.24, 2.45) is 0 Å². The van der Waals surface area contributed by atoms with Crippen LogP contribution in [0.1, 0.15) is 13.3 Å². The minimum Gasteiger partial charge on any atom is -0.378 e. The van der Waals surface area contributed by atoms with Crippen LogP contribution in [-0.2, 0) is 10.0 Å². The van der Waals surface area contributed by atoms with E-state index in [0.717, 1.165) is 0 Å². The number of hydrogen-bond donors (Lipinski definition) is 2. The molecule has 0 bridgehead atoms. The maximum absolute atomic E-state index is 12.9. The van der Waals surface area contributed by atoms with Gasteiger partial charge < -0.3 is 5.32 Å². The Morgan fingerprint density at radius 1 is 1.24 bits per heavy atom. The lowest BCUT2D eigenvalue weighted by atomic mass is 10.3. The maximum atomic E-state index is 12.9. The summed E-state index contributed by atoms with van der Waals surface area (Å²) in [6.45, 7) is 0.588. The fourth-order valence-corrected chi connectivity index (χ4v) is 2.77. The van der Waals surface area contributed by atoms with Crippen LogP contribution >= 0.6 is 0 Å². The van der Waals surface area contributed by atoms with Gasteiger partial charge in [-0.3, -0.25) is 0 Å². The predicted molar refractivity (Wildman–Crippen MR) is 71.4 cm³/mol. The normalized spacial score (nSPS) is 12.7. The molecule has 0 saturated heterocycles. The molecular formula is C12H16F4N2O2S. The van der Waals surface area contributed by atoms with Gasteiger partial charge in [0.15, 0.2) is 0 Å². The van der Waals surface area contributed by atoms with E-state index in [2.05, 4.69) is 10.0 Å². The van der Waals surface area contributed by atoms with Crippen LogP contribution in [0.5, 0.6) is 0 Å². The molecule has 0 aliphatic heterocycles. The van der Waals surface area contributed by atoms with Gasteiger partial charge in [0.1, 0.15) is 4.90 Å². The van der Waals surface area contributed by atoms with Crippen LogP contribution in [0.2, 0.25) is 0 Å². The highest BCUT2D eigenvalue weighted by Gasteiger charge is 2.40. The number of para-hydroxylation sites is 1. The second kappa shape index (κ2) is 7.08. The largest absolute Gasteiger partial charge is 0.378 e. The zero-order valence-corrected chi connectivity index (χ0v) is 12.1. The lowest BCUT2D eigenvalue weighted by Gasteiger charge is -2.18. The first-order valence-electron chi connectivity index (χ1n) is 6.19. The Kier molecular flexibility index (Phi) is 5.97. The number of benzene rings is 1. The van der Waals surface area contributed by atoms with Gasteiger partial charge in [-0.25, -0.2) is 21.9 Å². The Hall–Kier alpha value is -1.35. The molecule has 0 amide bonds. The van der Waals surface area contributed by atoms with E-state index in [9.17, 15) is 26.0 Å². The van der Waals surface area contributed by atoms with Gasteiger partial charge in [0, 0.05) is 6.54 Å². The lowest BCUT2D eigenvalue weighted by molar-refractivity contribution is -0.117. The van der Waals surface area contributed by atoms with Crippen LogP contribution in [0.25, 0.3) is 0 Å². The van der Waals surface area contributed by atoms with Gasteiger partial charge in [-0.05, 0) is 18.6 Å². The van der Waals surface area contributed by atoms with Crippen molar-refractivity contribution in [3.63, 3.8) is 0 Å². The van der Waals surface area contributed by atoms with Gasteiger partial charge in [-0.1, -0.05) is 19.1 Å². The summed E-state index contributed by atoms with van der Waals surface area (Å²) in [6.07, 6.45) is -3.27. The summed E-state index contributed by atoms with van der Waals surface area (Å²) in [4.78, 5) is -0.261. The van der Waals surface area contributed by atoms with E-state index in [1.54, 1.807) is 6.92 Å². The van der Waals surface area contributed by atoms with E-state index in [-0.39, 0.29) is 17.1 Å². The highest BCUT2D eigenvalue weighted by molar-refractivity contribution is 7.89. The molecule has 1 rings (SSSR count). The van der Waals surface area contributed by atoms with Crippen LogP contribution in [-0.4, -0.2) is 33.9 Å². The Bertz CT molecular complexity index is 564. The molecule has 0 heterocycles. The second-order valence-corrected chi connectivity index (χ2v) is 6.04. The van der Waals surface area contributed by atoms with E-state index in [0.29, 0.717) is 6.42 Å². The molecule has 0 radical (unpaired) electrons. The smallest absolute Gasteiger partial charge is 0.324 e. The van der Waals surface area contributed by atoms with Gasteiger partial charge in [0.25, 0.3) is 0 Å². The van der Waals surface area contributed by atoms with E-state index >= 15 is 0 Å². The lowest BCUT2D eigenvalue weighted by Crippen LogP contribution is -2.35. The van der Waals surface area contributed by atoms with Crippen LogP contribution in [0.3, 0.4) is 0 Å².